The minimum Gasteiger partial charge on any atom is -0.497 e. The van der Waals surface area contributed by atoms with E-state index in [9.17, 15) is 40.8 Å². The van der Waals surface area contributed by atoms with Gasteiger partial charge in [-0.15, -0.1) is 0 Å². The van der Waals surface area contributed by atoms with Gasteiger partial charge in [0.05, 0.1) is 34.1 Å². The largest absolute Gasteiger partial charge is 0.497 e. The number of alkyl halides is 3. The quantitative estimate of drug-likeness (QED) is 0.0755. The number of aromatic nitrogens is 2. The lowest BCUT2D eigenvalue weighted by atomic mass is 9.67. The van der Waals surface area contributed by atoms with Crippen LogP contribution in [0.15, 0.2) is 107 Å². The molecule has 0 saturated carbocycles. The van der Waals surface area contributed by atoms with Gasteiger partial charge in [0, 0.05) is 76.4 Å². The number of nitrogens with zero attached hydrogens (tertiary/aromatic N) is 5. The second-order valence-electron chi connectivity index (χ2n) is 23.7. The summed E-state index contributed by atoms with van der Waals surface area (Å²) in [4.78, 5) is 58.7. The molecule has 19 heteroatoms. The predicted octanol–water partition coefficient (Wildman–Crippen LogP) is 9.62. The van der Waals surface area contributed by atoms with Crippen molar-refractivity contribution in [1.29, 1.82) is 0 Å². The summed E-state index contributed by atoms with van der Waals surface area (Å²) in [5.41, 5.74) is 4.66. The Bertz CT molecular complexity index is 3260. The maximum atomic E-state index is 14.4. The van der Waals surface area contributed by atoms with Crippen LogP contribution < -0.4 is 15.7 Å². The molecule has 1 unspecified atom stereocenters. The molecule has 3 amide bonds. The zero-order chi connectivity index (χ0) is 57.2. The van der Waals surface area contributed by atoms with Crippen LogP contribution in [-0.4, -0.2) is 126 Å². The van der Waals surface area contributed by atoms with Crippen molar-refractivity contribution in [2.24, 2.45) is 11.3 Å². The maximum Gasteiger partial charge on any atom is 0.395 e. The van der Waals surface area contributed by atoms with Crippen molar-refractivity contribution in [3.63, 3.8) is 0 Å². The first-order valence-corrected chi connectivity index (χ1v) is 29.4. The van der Waals surface area contributed by atoms with Crippen molar-refractivity contribution in [3.05, 3.63) is 135 Å². The molecule has 430 valence electrons. The van der Waals surface area contributed by atoms with Crippen LogP contribution in [0.3, 0.4) is 0 Å². The second kappa shape index (κ2) is 23.8. The summed E-state index contributed by atoms with van der Waals surface area (Å²) in [6.45, 7) is 12.5. The van der Waals surface area contributed by atoms with E-state index in [2.05, 4.69) is 66.5 Å². The lowest BCUT2D eigenvalue weighted by Gasteiger charge is -2.46. The molecule has 0 bridgehead atoms. The number of halogens is 3. The number of methoxy groups -OCH3 is 1. The number of aryl methyl sites for hydroxylation is 2. The molecule has 5 aromatic rings. The van der Waals surface area contributed by atoms with Gasteiger partial charge in [0.2, 0.25) is 11.8 Å². The Kier molecular flexibility index (Phi) is 17.4. The van der Waals surface area contributed by atoms with Crippen LogP contribution in [0.2, 0.25) is 0 Å². The first-order valence-electron chi connectivity index (χ1n) is 27.9. The zero-order valence-electron chi connectivity index (χ0n) is 46.5. The third-order valence-corrected chi connectivity index (χ3v) is 18.0. The van der Waals surface area contributed by atoms with Gasteiger partial charge in [0.25, 0.3) is 16.0 Å². The van der Waals surface area contributed by atoms with E-state index in [1.54, 1.807) is 35.9 Å². The topological polar surface area (TPSA) is 173 Å². The molecule has 0 radical (unpaired) electrons. The minimum absolute atomic E-state index is 0.0301. The fourth-order valence-corrected chi connectivity index (χ4v) is 13.2. The molecule has 5 heterocycles. The number of piperidine rings is 1. The van der Waals surface area contributed by atoms with E-state index in [-0.39, 0.29) is 52.8 Å². The highest BCUT2D eigenvalue weighted by Gasteiger charge is 2.49. The second-order valence-corrected chi connectivity index (χ2v) is 25.1. The Morgan fingerprint density at radius 2 is 1.60 bits per heavy atom. The lowest BCUT2D eigenvalue weighted by molar-refractivity contribution is -0.217. The van der Waals surface area contributed by atoms with Crippen molar-refractivity contribution >= 4 is 44.4 Å². The molecule has 3 saturated heterocycles. The molecular weight excluding hydrogens is 1050 g/mol. The first kappa shape index (κ1) is 58.5. The van der Waals surface area contributed by atoms with E-state index in [1.807, 2.05) is 28.0 Å². The fourth-order valence-electron chi connectivity index (χ4n) is 12.7. The number of piperazine rings is 1. The number of hydrogen-bond donors (Lipinski definition) is 2. The number of carbonyl (C=O) groups is 3. The SMILES string of the molecule is COc1ccc([C@]2(CCN(Cc3ccc(C4=CC[C@H](CN5CCN(C(=O)c6ccc7c8c6CCCn8c(=O)n7C6CCC(=O)NC6=O)CC5)CC4)cc3)CC(C)(C)C(F)(F)F)CCOC(C)(C)C2)cc1.O=S(=O)(O)c1ccccc1. The number of rotatable bonds is 15. The Hall–Kier alpha value is -6.12. The molecule has 10 rings (SSSR count). The van der Waals surface area contributed by atoms with E-state index in [0.29, 0.717) is 69.2 Å². The number of carbonyl (C=O) groups excluding carboxylic acids is 3. The van der Waals surface area contributed by atoms with Gasteiger partial charge in [-0.05, 0) is 162 Å². The van der Waals surface area contributed by atoms with Crippen molar-refractivity contribution < 1.29 is 50.0 Å². The number of allylic oxidation sites excluding steroid dienone is 2. The van der Waals surface area contributed by atoms with Crippen LogP contribution in [0.1, 0.15) is 124 Å². The normalized spacial score (nSPS) is 21.9. The van der Waals surface area contributed by atoms with E-state index in [4.69, 9.17) is 14.0 Å². The highest BCUT2D eigenvalue weighted by Crippen LogP contribution is 2.46. The molecule has 4 aromatic carbocycles. The zero-order valence-corrected chi connectivity index (χ0v) is 47.3. The fraction of sp³-hybridized carbons (Fsp3) is 0.508. The highest BCUT2D eigenvalue weighted by molar-refractivity contribution is 7.85. The van der Waals surface area contributed by atoms with Crippen LogP contribution in [-0.2, 0) is 49.4 Å². The maximum absolute atomic E-state index is 14.4. The van der Waals surface area contributed by atoms with E-state index >= 15 is 0 Å². The summed E-state index contributed by atoms with van der Waals surface area (Å²) in [7, 11) is -2.36. The van der Waals surface area contributed by atoms with Crippen molar-refractivity contribution in [1.82, 2.24) is 29.2 Å². The van der Waals surface area contributed by atoms with Gasteiger partial charge < -0.3 is 14.4 Å². The molecule has 15 nitrogen and oxygen atoms in total. The summed E-state index contributed by atoms with van der Waals surface area (Å²) >= 11 is 0. The lowest BCUT2D eigenvalue weighted by Crippen LogP contribution is -2.50. The Morgan fingerprint density at radius 3 is 2.21 bits per heavy atom. The van der Waals surface area contributed by atoms with Crippen LogP contribution in [0.5, 0.6) is 5.75 Å². The number of ether oxygens (including phenoxy) is 2. The standard InChI is InChI=1S/C55H69F3N6O6.C6H6O3S/c1-52(2,55(56,57)58)36-61(27-24-54(25-32-70-53(3,4)35-54)41-16-18-42(69-5)19-17-41)34-38-10-14-40(15-11-38)39-12-8-37(9-13-39)33-60-28-30-62(31-29-60)50(67)44-20-21-45-48-43(44)7-6-26-63(48)51(68)64(45)46-22-23-47(65)59-49(46)66;7-10(8,9)6-4-2-1-3-5-6/h10-12,14-21,37,46H,6-9,13,22-36H2,1-5H3,(H,59,65,66);1-5H,(H,7,8,9)/t37-,46?,54+;/m0./s1. The van der Waals surface area contributed by atoms with Gasteiger partial charge in [0.1, 0.15) is 11.8 Å². The van der Waals surface area contributed by atoms with Crippen molar-refractivity contribution in [3.8, 4) is 5.75 Å². The summed E-state index contributed by atoms with van der Waals surface area (Å²) in [6.07, 6.45) is 5.05. The third-order valence-electron chi connectivity index (χ3n) is 17.1. The van der Waals surface area contributed by atoms with Crippen LogP contribution in [0, 0.1) is 11.3 Å². The number of imidazole rings is 1. The van der Waals surface area contributed by atoms with Crippen LogP contribution >= 0.6 is 0 Å². The summed E-state index contributed by atoms with van der Waals surface area (Å²) in [5, 5.41) is 2.38. The summed E-state index contributed by atoms with van der Waals surface area (Å²) in [6, 6.07) is 26.8. The van der Waals surface area contributed by atoms with E-state index in [0.717, 1.165) is 86.1 Å². The van der Waals surface area contributed by atoms with E-state index < -0.39 is 33.7 Å². The van der Waals surface area contributed by atoms with Crippen molar-refractivity contribution in [2.75, 3.05) is 59.5 Å². The average Bonchev–Trinajstić information content (AvgIpc) is 3.86. The number of hydrogen-bond acceptors (Lipinski definition) is 10. The van der Waals surface area contributed by atoms with Gasteiger partial charge in [-0.1, -0.05) is 60.7 Å². The smallest absolute Gasteiger partial charge is 0.395 e. The molecule has 1 aliphatic carbocycles. The summed E-state index contributed by atoms with van der Waals surface area (Å²) < 4.78 is 87.3. The van der Waals surface area contributed by atoms with Gasteiger partial charge in [-0.25, -0.2) is 4.79 Å². The molecule has 5 aliphatic rings. The molecular formula is C61H75F3N6O9S. The molecule has 0 spiro atoms. The summed E-state index contributed by atoms with van der Waals surface area (Å²) in [5.74, 6) is 0.437. The number of benzene rings is 4. The van der Waals surface area contributed by atoms with E-state index in [1.165, 1.54) is 41.7 Å². The highest BCUT2D eigenvalue weighted by atomic mass is 32.2. The molecule has 4 aliphatic heterocycles. The molecule has 2 N–H and O–H groups in total. The monoisotopic (exact) mass is 1120 g/mol. The Balaban J connectivity index is 0.000000699. The van der Waals surface area contributed by atoms with Gasteiger partial charge in [0.15, 0.2) is 0 Å². The first-order chi connectivity index (χ1) is 37.9. The van der Waals surface area contributed by atoms with Crippen LogP contribution in [0.4, 0.5) is 13.2 Å². The number of amides is 3. The Morgan fingerprint density at radius 1 is 0.887 bits per heavy atom. The van der Waals surface area contributed by atoms with Gasteiger partial charge >= 0.3 is 11.9 Å². The predicted molar refractivity (Wildman–Crippen MR) is 300 cm³/mol. The molecule has 3 fully saturated rings. The third kappa shape index (κ3) is 13.1. The van der Waals surface area contributed by atoms with Crippen molar-refractivity contribution in [2.45, 2.75) is 133 Å². The number of nitrogens with one attached hydrogen (secondary N) is 1. The van der Waals surface area contributed by atoms with Crippen LogP contribution in [0.25, 0.3) is 16.6 Å². The minimum atomic E-state index is -4.35. The number of imide groups is 1. The van der Waals surface area contributed by atoms with Gasteiger partial charge in [-0.2, -0.15) is 21.6 Å². The average molecular weight is 1130 g/mol. The molecule has 3 atom stereocenters. The van der Waals surface area contributed by atoms with Gasteiger partial charge in [-0.3, -0.25) is 43.2 Å². The molecule has 1 aromatic heterocycles. The molecule has 80 heavy (non-hydrogen) atoms. The Labute approximate surface area is 466 Å².